The summed E-state index contributed by atoms with van der Waals surface area (Å²) in [6.45, 7) is 5.50. The fraction of sp³-hybridized carbons (Fsp3) is 0.350. The maximum Gasteiger partial charge on any atom is 0.238 e. The molecule has 0 radical (unpaired) electrons. The molecule has 1 aromatic heterocycles. The van der Waals surface area contributed by atoms with Gasteiger partial charge in [-0.25, -0.2) is 4.98 Å². The number of hydrogen-bond donors (Lipinski definition) is 1. The Labute approximate surface area is 154 Å². The average Bonchev–Trinajstić information content (AvgIpc) is 2.69. The third-order valence-corrected chi connectivity index (χ3v) is 4.62. The number of benzene rings is 1. The van der Waals surface area contributed by atoms with Crippen LogP contribution < -0.4 is 10.2 Å². The number of hydrogen-bond acceptors (Lipinski definition) is 5. The van der Waals surface area contributed by atoms with Crippen molar-refractivity contribution in [2.75, 3.05) is 42.9 Å². The maximum absolute atomic E-state index is 12.4. The molecule has 134 valence electrons. The normalized spacial score (nSPS) is 14.7. The van der Waals surface area contributed by atoms with E-state index in [0.29, 0.717) is 12.1 Å². The molecule has 0 atom stereocenters. The van der Waals surface area contributed by atoms with E-state index >= 15 is 0 Å². The number of aromatic nitrogens is 1. The van der Waals surface area contributed by atoms with Crippen LogP contribution >= 0.6 is 0 Å². The third kappa shape index (κ3) is 4.19. The SMILES string of the molecule is CCc1ccccc1NC(=O)CN1CCN(c2ncccc2C#N)CC1. The van der Waals surface area contributed by atoms with Crippen molar-refractivity contribution in [1.29, 1.82) is 5.26 Å². The summed E-state index contributed by atoms with van der Waals surface area (Å²) >= 11 is 0. The molecular weight excluding hydrogens is 326 g/mol. The number of carbonyl (C=O) groups excluding carboxylic acids is 1. The van der Waals surface area contributed by atoms with E-state index in [1.54, 1.807) is 18.3 Å². The number of para-hydroxylation sites is 1. The molecule has 0 unspecified atom stereocenters. The van der Waals surface area contributed by atoms with Gasteiger partial charge in [-0.1, -0.05) is 25.1 Å². The lowest BCUT2D eigenvalue weighted by atomic mass is 10.1. The van der Waals surface area contributed by atoms with E-state index in [9.17, 15) is 10.1 Å². The van der Waals surface area contributed by atoms with Gasteiger partial charge in [-0.3, -0.25) is 9.69 Å². The first-order chi connectivity index (χ1) is 12.7. The van der Waals surface area contributed by atoms with Crippen molar-refractivity contribution in [2.45, 2.75) is 13.3 Å². The highest BCUT2D eigenvalue weighted by Gasteiger charge is 2.21. The Morgan fingerprint density at radius 3 is 2.69 bits per heavy atom. The summed E-state index contributed by atoms with van der Waals surface area (Å²) in [4.78, 5) is 21.0. The van der Waals surface area contributed by atoms with Gasteiger partial charge in [-0.05, 0) is 30.2 Å². The molecule has 1 N–H and O–H groups in total. The molecule has 1 amide bonds. The van der Waals surface area contributed by atoms with Crippen LogP contribution in [0.2, 0.25) is 0 Å². The van der Waals surface area contributed by atoms with Gasteiger partial charge in [0.2, 0.25) is 5.91 Å². The van der Waals surface area contributed by atoms with Crippen molar-refractivity contribution in [3.8, 4) is 6.07 Å². The number of anilines is 2. The lowest BCUT2D eigenvalue weighted by Crippen LogP contribution is -2.49. The largest absolute Gasteiger partial charge is 0.353 e. The van der Waals surface area contributed by atoms with Gasteiger partial charge in [-0.2, -0.15) is 5.26 Å². The van der Waals surface area contributed by atoms with Crippen LogP contribution in [0, 0.1) is 11.3 Å². The van der Waals surface area contributed by atoms with Gasteiger partial charge in [-0.15, -0.1) is 0 Å². The molecule has 0 saturated carbocycles. The molecule has 0 spiro atoms. The van der Waals surface area contributed by atoms with Crippen molar-refractivity contribution in [3.63, 3.8) is 0 Å². The number of rotatable bonds is 5. The minimum Gasteiger partial charge on any atom is -0.353 e. The standard InChI is InChI=1S/C20H23N5O/c1-2-16-6-3-4-8-18(16)23-19(26)15-24-10-12-25(13-11-24)20-17(14-21)7-5-9-22-20/h3-9H,2,10-13,15H2,1H3,(H,23,26). The van der Waals surface area contributed by atoms with E-state index in [1.807, 2.05) is 24.3 Å². The second kappa shape index (κ2) is 8.45. The van der Waals surface area contributed by atoms with Gasteiger partial charge in [0.25, 0.3) is 0 Å². The Morgan fingerprint density at radius 1 is 1.19 bits per heavy atom. The fourth-order valence-corrected chi connectivity index (χ4v) is 3.20. The quantitative estimate of drug-likeness (QED) is 0.896. The van der Waals surface area contributed by atoms with Crippen LogP contribution in [0.15, 0.2) is 42.6 Å². The average molecular weight is 349 g/mol. The van der Waals surface area contributed by atoms with Crippen LogP contribution in [0.5, 0.6) is 0 Å². The molecule has 6 heteroatoms. The van der Waals surface area contributed by atoms with Gasteiger partial charge in [0.15, 0.2) is 0 Å². The van der Waals surface area contributed by atoms with E-state index in [-0.39, 0.29) is 5.91 Å². The van der Waals surface area contributed by atoms with E-state index in [4.69, 9.17) is 0 Å². The molecule has 1 fully saturated rings. The maximum atomic E-state index is 12.4. The number of nitrogens with zero attached hydrogens (tertiary/aromatic N) is 4. The minimum absolute atomic E-state index is 0.00917. The predicted molar refractivity (Wildman–Crippen MR) is 102 cm³/mol. The van der Waals surface area contributed by atoms with E-state index < -0.39 is 0 Å². The first kappa shape index (κ1) is 17.9. The number of nitriles is 1. The molecule has 0 bridgehead atoms. The Balaban J connectivity index is 1.54. The number of carbonyl (C=O) groups is 1. The summed E-state index contributed by atoms with van der Waals surface area (Å²) in [6, 6.07) is 13.7. The Bertz CT molecular complexity index is 806. The number of nitrogens with one attached hydrogen (secondary N) is 1. The molecule has 1 aliphatic heterocycles. The molecule has 2 aromatic rings. The van der Waals surface area contributed by atoms with Crippen LogP contribution in [0.3, 0.4) is 0 Å². The summed E-state index contributed by atoms with van der Waals surface area (Å²) in [7, 11) is 0. The lowest BCUT2D eigenvalue weighted by Gasteiger charge is -2.35. The van der Waals surface area contributed by atoms with Crippen LogP contribution in [-0.2, 0) is 11.2 Å². The fourth-order valence-electron chi connectivity index (χ4n) is 3.20. The molecule has 3 rings (SSSR count). The predicted octanol–water partition coefficient (Wildman–Crippen LogP) is 2.28. The highest BCUT2D eigenvalue weighted by Crippen LogP contribution is 2.18. The number of amides is 1. The van der Waals surface area contributed by atoms with Crippen molar-refractivity contribution in [2.24, 2.45) is 0 Å². The third-order valence-electron chi connectivity index (χ3n) is 4.62. The summed E-state index contributed by atoms with van der Waals surface area (Å²) in [5.74, 6) is 0.742. The summed E-state index contributed by atoms with van der Waals surface area (Å²) in [5.41, 5.74) is 2.63. The summed E-state index contributed by atoms with van der Waals surface area (Å²) in [6.07, 6.45) is 2.60. The van der Waals surface area contributed by atoms with Crippen LogP contribution in [0.1, 0.15) is 18.1 Å². The molecule has 0 aliphatic carbocycles. The van der Waals surface area contributed by atoms with Crippen molar-refractivity contribution in [1.82, 2.24) is 9.88 Å². The molecule has 1 saturated heterocycles. The van der Waals surface area contributed by atoms with E-state index in [1.165, 1.54) is 0 Å². The highest BCUT2D eigenvalue weighted by atomic mass is 16.2. The Kier molecular flexibility index (Phi) is 5.82. The van der Waals surface area contributed by atoms with E-state index in [2.05, 4.69) is 33.1 Å². The summed E-state index contributed by atoms with van der Waals surface area (Å²) < 4.78 is 0. The second-order valence-electron chi connectivity index (χ2n) is 6.31. The molecule has 26 heavy (non-hydrogen) atoms. The van der Waals surface area contributed by atoms with E-state index in [0.717, 1.165) is 49.7 Å². The first-order valence-electron chi connectivity index (χ1n) is 8.91. The number of aryl methyl sites for hydroxylation is 1. The van der Waals surface area contributed by atoms with Gasteiger partial charge < -0.3 is 10.2 Å². The molecule has 1 aromatic carbocycles. The zero-order valence-corrected chi connectivity index (χ0v) is 15.0. The lowest BCUT2D eigenvalue weighted by molar-refractivity contribution is -0.117. The molecule has 1 aliphatic rings. The van der Waals surface area contributed by atoms with Crippen LogP contribution in [0.25, 0.3) is 0 Å². The Hall–Kier alpha value is -2.91. The Morgan fingerprint density at radius 2 is 1.96 bits per heavy atom. The first-order valence-corrected chi connectivity index (χ1v) is 8.91. The van der Waals surface area contributed by atoms with Crippen LogP contribution in [0.4, 0.5) is 11.5 Å². The van der Waals surface area contributed by atoms with Crippen molar-refractivity contribution in [3.05, 3.63) is 53.7 Å². The second-order valence-corrected chi connectivity index (χ2v) is 6.31. The topological polar surface area (TPSA) is 72.3 Å². The molecular formula is C20H23N5O. The monoisotopic (exact) mass is 349 g/mol. The number of piperazine rings is 1. The van der Waals surface area contributed by atoms with Gasteiger partial charge in [0, 0.05) is 38.1 Å². The zero-order chi connectivity index (χ0) is 18.4. The molecule has 6 nitrogen and oxygen atoms in total. The van der Waals surface area contributed by atoms with Gasteiger partial charge in [0.05, 0.1) is 12.1 Å². The molecule has 2 heterocycles. The zero-order valence-electron chi connectivity index (χ0n) is 15.0. The van der Waals surface area contributed by atoms with Crippen molar-refractivity contribution < 1.29 is 4.79 Å². The summed E-state index contributed by atoms with van der Waals surface area (Å²) in [5, 5.41) is 12.2. The minimum atomic E-state index is 0.00917. The van der Waals surface area contributed by atoms with Gasteiger partial charge in [0.1, 0.15) is 11.9 Å². The smallest absolute Gasteiger partial charge is 0.238 e. The number of pyridine rings is 1. The van der Waals surface area contributed by atoms with Crippen LogP contribution in [-0.4, -0.2) is 48.5 Å². The van der Waals surface area contributed by atoms with Crippen molar-refractivity contribution >= 4 is 17.4 Å². The van der Waals surface area contributed by atoms with Gasteiger partial charge >= 0.3 is 0 Å². The highest BCUT2D eigenvalue weighted by molar-refractivity contribution is 5.93.